The van der Waals surface area contributed by atoms with E-state index in [1.165, 1.54) is 87.0 Å². The first kappa shape index (κ1) is 34.7. The Kier molecular flexibility index (Phi) is 10.6. The van der Waals surface area contributed by atoms with Crippen LogP contribution in [0.5, 0.6) is 0 Å². The Labute approximate surface area is 306 Å². The van der Waals surface area contributed by atoms with Gasteiger partial charge >= 0.3 is 0 Å². The Bertz CT molecular complexity index is 1990. The fourth-order valence-corrected chi connectivity index (χ4v) is 8.73. The summed E-state index contributed by atoms with van der Waals surface area (Å²) in [5.74, 6) is 0.777. The van der Waals surface area contributed by atoms with E-state index in [0.717, 1.165) is 19.5 Å². The second-order valence-electron chi connectivity index (χ2n) is 14.8. The van der Waals surface area contributed by atoms with E-state index in [2.05, 4.69) is 177 Å². The van der Waals surface area contributed by atoms with Gasteiger partial charge in [-0.05, 0) is 117 Å². The first-order valence-electron chi connectivity index (χ1n) is 19.4. The van der Waals surface area contributed by atoms with E-state index in [1.807, 2.05) is 0 Å². The van der Waals surface area contributed by atoms with Gasteiger partial charge in [0, 0.05) is 53.2 Å². The lowest BCUT2D eigenvalue weighted by Crippen LogP contribution is -2.36. The first-order chi connectivity index (χ1) is 25.0. The van der Waals surface area contributed by atoms with Crippen molar-refractivity contribution in [3.8, 4) is 0 Å². The summed E-state index contributed by atoms with van der Waals surface area (Å²) in [6.45, 7) is 13.3. The number of likely N-dealkylation sites (N-methyl/N-ethyl adjacent to an activating group) is 1. The Morgan fingerprint density at radius 1 is 0.706 bits per heavy atom. The van der Waals surface area contributed by atoms with Gasteiger partial charge in [-0.3, -0.25) is 0 Å². The maximum atomic E-state index is 4.01. The van der Waals surface area contributed by atoms with Crippen molar-refractivity contribution in [1.82, 2.24) is 0 Å². The SMILES string of the molecule is CCN(c1ccc(C(c2ccc(N(CC)C3CC=CC=C3C)cc2)c2ccc(NC3CCCCC3C)c3ccccc23)cc1)c1ccccc1C. The molecule has 51 heavy (non-hydrogen) atoms. The summed E-state index contributed by atoms with van der Waals surface area (Å²) >= 11 is 0. The maximum Gasteiger partial charge on any atom is 0.0537 e. The number of aryl methyl sites for hydroxylation is 1. The second kappa shape index (κ2) is 15.6. The van der Waals surface area contributed by atoms with Crippen molar-refractivity contribution in [3.63, 3.8) is 0 Å². The van der Waals surface area contributed by atoms with Gasteiger partial charge < -0.3 is 15.1 Å². The minimum Gasteiger partial charge on any atom is -0.382 e. The van der Waals surface area contributed by atoms with Crippen molar-refractivity contribution in [3.05, 3.63) is 155 Å². The average molecular weight is 674 g/mol. The zero-order valence-corrected chi connectivity index (χ0v) is 31.3. The van der Waals surface area contributed by atoms with Crippen LogP contribution in [-0.4, -0.2) is 25.2 Å². The number of fused-ring (bicyclic) bond motifs is 1. The van der Waals surface area contributed by atoms with Gasteiger partial charge in [0.25, 0.3) is 0 Å². The molecule has 262 valence electrons. The van der Waals surface area contributed by atoms with Gasteiger partial charge in [-0.25, -0.2) is 0 Å². The van der Waals surface area contributed by atoms with E-state index in [-0.39, 0.29) is 5.92 Å². The lowest BCUT2D eigenvalue weighted by Gasteiger charge is -2.34. The molecule has 4 atom stereocenters. The molecule has 0 heterocycles. The molecule has 0 aliphatic heterocycles. The molecule has 3 heteroatoms. The number of anilines is 4. The number of allylic oxidation sites excluding steroid dienone is 2. The molecule has 1 saturated carbocycles. The van der Waals surface area contributed by atoms with Crippen LogP contribution < -0.4 is 15.1 Å². The monoisotopic (exact) mass is 673 g/mol. The molecule has 0 radical (unpaired) electrons. The number of hydrogen-bond donors (Lipinski definition) is 1. The molecule has 3 nitrogen and oxygen atoms in total. The third kappa shape index (κ3) is 7.22. The smallest absolute Gasteiger partial charge is 0.0537 e. The molecular formula is C48H55N3. The Morgan fingerprint density at radius 3 is 2.04 bits per heavy atom. The van der Waals surface area contributed by atoms with Crippen LogP contribution in [0.4, 0.5) is 22.7 Å². The van der Waals surface area contributed by atoms with Crippen molar-refractivity contribution in [2.75, 3.05) is 28.2 Å². The minimum absolute atomic E-state index is 0.0866. The molecule has 2 aliphatic rings. The highest BCUT2D eigenvalue weighted by Gasteiger charge is 2.25. The van der Waals surface area contributed by atoms with E-state index in [4.69, 9.17) is 0 Å². The molecule has 0 spiro atoms. The predicted molar refractivity (Wildman–Crippen MR) is 221 cm³/mol. The van der Waals surface area contributed by atoms with Gasteiger partial charge in [0.15, 0.2) is 0 Å². The molecule has 0 saturated heterocycles. The van der Waals surface area contributed by atoms with Crippen LogP contribution in [0, 0.1) is 12.8 Å². The fraction of sp³-hybridized carbons (Fsp3) is 0.333. The van der Waals surface area contributed by atoms with Crippen molar-refractivity contribution in [2.24, 2.45) is 5.92 Å². The normalized spacial score (nSPS) is 19.4. The van der Waals surface area contributed by atoms with Crippen LogP contribution in [-0.2, 0) is 0 Å². The van der Waals surface area contributed by atoms with Gasteiger partial charge in [-0.2, -0.15) is 0 Å². The first-order valence-corrected chi connectivity index (χ1v) is 19.4. The third-order valence-electron chi connectivity index (χ3n) is 11.6. The van der Waals surface area contributed by atoms with Crippen molar-refractivity contribution >= 4 is 33.5 Å². The molecule has 7 rings (SSSR count). The number of nitrogens with zero attached hydrogens (tertiary/aromatic N) is 2. The summed E-state index contributed by atoms with van der Waals surface area (Å²) in [7, 11) is 0. The highest BCUT2D eigenvalue weighted by molar-refractivity contribution is 5.97. The molecule has 0 aromatic heterocycles. The van der Waals surface area contributed by atoms with E-state index >= 15 is 0 Å². The number of hydrogen-bond acceptors (Lipinski definition) is 3. The van der Waals surface area contributed by atoms with Crippen LogP contribution in [0.1, 0.15) is 88.0 Å². The Balaban J connectivity index is 1.30. The number of para-hydroxylation sites is 1. The zero-order chi connectivity index (χ0) is 35.3. The molecule has 5 aromatic carbocycles. The highest BCUT2D eigenvalue weighted by Crippen LogP contribution is 2.41. The Morgan fingerprint density at radius 2 is 1.37 bits per heavy atom. The number of benzene rings is 5. The second-order valence-corrected chi connectivity index (χ2v) is 14.8. The van der Waals surface area contributed by atoms with Crippen LogP contribution in [0.2, 0.25) is 0 Å². The van der Waals surface area contributed by atoms with Crippen molar-refractivity contribution in [1.29, 1.82) is 0 Å². The van der Waals surface area contributed by atoms with Crippen molar-refractivity contribution < 1.29 is 0 Å². The topological polar surface area (TPSA) is 18.5 Å². The van der Waals surface area contributed by atoms with Gasteiger partial charge in [0.2, 0.25) is 0 Å². The summed E-state index contributed by atoms with van der Waals surface area (Å²) in [6, 6.07) is 42.2. The van der Waals surface area contributed by atoms with Crippen molar-refractivity contribution in [2.45, 2.75) is 84.7 Å². The largest absolute Gasteiger partial charge is 0.382 e. The molecule has 1 fully saturated rings. The minimum atomic E-state index is 0.0866. The quantitative estimate of drug-likeness (QED) is 0.141. The highest BCUT2D eigenvalue weighted by atomic mass is 15.2. The summed E-state index contributed by atoms with van der Waals surface area (Å²) in [5, 5.41) is 6.64. The van der Waals surface area contributed by atoms with Crippen LogP contribution in [0.25, 0.3) is 10.8 Å². The molecular weight excluding hydrogens is 619 g/mol. The summed E-state index contributed by atoms with van der Waals surface area (Å²) in [6.07, 6.45) is 13.0. The maximum absolute atomic E-state index is 4.01. The zero-order valence-electron chi connectivity index (χ0n) is 31.3. The van der Waals surface area contributed by atoms with E-state index in [9.17, 15) is 0 Å². The molecule has 0 bridgehead atoms. The molecule has 1 N–H and O–H groups in total. The van der Waals surface area contributed by atoms with E-state index in [1.54, 1.807) is 0 Å². The van der Waals surface area contributed by atoms with Gasteiger partial charge in [0.1, 0.15) is 0 Å². The average Bonchev–Trinajstić information content (AvgIpc) is 3.16. The Hall–Kier alpha value is -4.76. The fourth-order valence-electron chi connectivity index (χ4n) is 8.73. The number of nitrogens with one attached hydrogen (secondary N) is 1. The summed E-state index contributed by atoms with van der Waals surface area (Å²) < 4.78 is 0. The van der Waals surface area contributed by atoms with E-state index in [0.29, 0.717) is 18.0 Å². The lowest BCUT2D eigenvalue weighted by molar-refractivity contribution is 0.350. The molecule has 2 aliphatic carbocycles. The van der Waals surface area contributed by atoms with Crippen LogP contribution in [0.3, 0.4) is 0 Å². The molecule has 0 amide bonds. The van der Waals surface area contributed by atoms with E-state index < -0.39 is 0 Å². The van der Waals surface area contributed by atoms with Gasteiger partial charge in [-0.1, -0.05) is 116 Å². The third-order valence-corrected chi connectivity index (χ3v) is 11.6. The van der Waals surface area contributed by atoms with Crippen LogP contribution in [0.15, 0.2) is 133 Å². The van der Waals surface area contributed by atoms with Gasteiger partial charge in [0.05, 0.1) is 6.04 Å². The molecule has 5 aromatic rings. The predicted octanol–water partition coefficient (Wildman–Crippen LogP) is 12.6. The lowest BCUT2D eigenvalue weighted by atomic mass is 9.82. The molecule has 4 unspecified atom stereocenters. The number of rotatable bonds is 11. The van der Waals surface area contributed by atoms with Gasteiger partial charge in [-0.15, -0.1) is 0 Å². The standard InChI is InChI=1S/C48H55N3/c1-6-50(46-22-14-9-17-35(46)4)39-28-24-37(25-29-39)48(38-26-30-40(31-27-38)51(7-2)47-23-15-10-18-36(47)5)43-32-33-45(42-20-12-11-19-41(42)43)49-44-21-13-8-16-34(44)3/h9-12,14-15,17-20,22,24-34,44,47-49H,6-8,13,16,21,23H2,1-5H3. The summed E-state index contributed by atoms with van der Waals surface area (Å²) in [5.41, 5.74) is 11.7. The summed E-state index contributed by atoms with van der Waals surface area (Å²) in [4.78, 5) is 4.97. The van der Waals surface area contributed by atoms with Crippen LogP contribution >= 0.6 is 0 Å².